The van der Waals surface area contributed by atoms with Crippen LogP contribution in [0.5, 0.6) is 0 Å². The van der Waals surface area contributed by atoms with Crippen LogP contribution in [0, 0.1) is 10.1 Å². The van der Waals surface area contributed by atoms with Crippen LogP contribution in [0.2, 0.25) is 0 Å². The van der Waals surface area contributed by atoms with Crippen molar-refractivity contribution >= 4 is 23.4 Å². The number of carbonyl (C=O) groups is 3. The number of nitrogens with zero attached hydrogens (tertiary/aromatic N) is 2. The fraction of sp³-hybridized carbons (Fsp3) is 0.286. The molecule has 0 fully saturated rings. The molecule has 0 aromatic heterocycles. The lowest BCUT2D eigenvalue weighted by Crippen LogP contribution is -2.54. The first-order valence-electron chi connectivity index (χ1n) is 9.11. The minimum atomic E-state index is -1.08. The highest BCUT2D eigenvalue weighted by Gasteiger charge is 2.43. The minimum Gasteiger partial charge on any atom is -0.350 e. The van der Waals surface area contributed by atoms with Crippen LogP contribution in [-0.4, -0.2) is 39.1 Å². The summed E-state index contributed by atoms with van der Waals surface area (Å²) < 4.78 is 0. The van der Waals surface area contributed by atoms with Crippen LogP contribution in [0.25, 0.3) is 0 Å². The van der Waals surface area contributed by atoms with E-state index in [0.717, 1.165) is 4.90 Å². The number of nitrogens with one attached hydrogen (secondary N) is 1. The van der Waals surface area contributed by atoms with Crippen molar-refractivity contribution in [1.29, 1.82) is 0 Å². The number of hydrogen-bond donors (Lipinski definition) is 1. The Morgan fingerprint density at radius 1 is 1.03 bits per heavy atom. The van der Waals surface area contributed by atoms with Gasteiger partial charge in [0.1, 0.15) is 6.04 Å². The van der Waals surface area contributed by atoms with Crippen molar-refractivity contribution < 1.29 is 19.3 Å². The van der Waals surface area contributed by atoms with E-state index in [1.165, 1.54) is 24.3 Å². The van der Waals surface area contributed by atoms with Crippen LogP contribution in [0.4, 0.5) is 5.69 Å². The first-order valence-corrected chi connectivity index (χ1v) is 9.11. The molecule has 0 saturated carbocycles. The normalized spacial score (nSPS) is 14.5. The molecule has 2 aromatic carbocycles. The predicted octanol–water partition coefficient (Wildman–Crippen LogP) is 2.72. The summed E-state index contributed by atoms with van der Waals surface area (Å²) in [6.45, 7) is 5.41. The maximum atomic E-state index is 13.0. The average Bonchev–Trinajstić information content (AvgIpc) is 2.90. The van der Waals surface area contributed by atoms with Crippen molar-refractivity contribution in [2.75, 3.05) is 0 Å². The maximum Gasteiger partial charge on any atom is 0.269 e. The van der Waals surface area contributed by atoms with Gasteiger partial charge in [-0.05, 0) is 38.5 Å². The average molecular weight is 395 g/mol. The molecular formula is C21H21N3O5. The van der Waals surface area contributed by atoms with Crippen LogP contribution in [0.3, 0.4) is 0 Å². The van der Waals surface area contributed by atoms with Crippen LogP contribution < -0.4 is 5.32 Å². The van der Waals surface area contributed by atoms with Gasteiger partial charge in [-0.15, -0.1) is 0 Å². The van der Waals surface area contributed by atoms with E-state index in [9.17, 15) is 24.5 Å². The van der Waals surface area contributed by atoms with Gasteiger partial charge in [0.2, 0.25) is 5.91 Å². The third kappa shape index (κ3) is 4.16. The second-order valence-electron chi connectivity index (χ2n) is 7.91. The lowest BCUT2D eigenvalue weighted by Gasteiger charge is -2.29. The number of benzene rings is 2. The number of imide groups is 1. The number of rotatable bonds is 5. The molecule has 0 spiro atoms. The largest absolute Gasteiger partial charge is 0.350 e. The SMILES string of the molecule is CC(C)(C)NC(=O)[C@H](Cc1ccc([N+](=O)[O-])cc1)N1C(=O)c2ccccc2C1=O. The second-order valence-corrected chi connectivity index (χ2v) is 7.91. The molecule has 1 heterocycles. The zero-order valence-corrected chi connectivity index (χ0v) is 16.3. The Labute approximate surface area is 167 Å². The van der Waals surface area contributed by atoms with Gasteiger partial charge in [-0.2, -0.15) is 0 Å². The van der Waals surface area contributed by atoms with Crippen LogP contribution >= 0.6 is 0 Å². The molecule has 0 unspecified atom stereocenters. The Kier molecular flexibility index (Phi) is 5.19. The van der Waals surface area contributed by atoms with Crippen molar-refractivity contribution in [2.45, 2.75) is 38.8 Å². The predicted molar refractivity (Wildman–Crippen MR) is 105 cm³/mol. The van der Waals surface area contributed by atoms with E-state index in [0.29, 0.717) is 5.56 Å². The fourth-order valence-electron chi connectivity index (χ4n) is 3.22. The molecule has 0 radical (unpaired) electrons. The zero-order valence-electron chi connectivity index (χ0n) is 16.3. The molecule has 150 valence electrons. The Hall–Kier alpha value is -3.55. The minimum absolute atomic E-state index is 0.0470. The standard InChI is InChI=1S/C21H21N3O5/c1-21(2,3)22-18(25)17(12-13-8-10-14(11-9-13)24(28)29)23-19(26)15-6-4-5-7-16(15)20(23)27/h4-11,17H,12H2,1-3H3,(H,22,25)/t17-/m0/s1. The highest BCUT2D eigenvalue weighted by Crippen LogP contribution is 2.26. The zero-order chi connectivity index (χ0) is 21.3. The van der Waals surface area contributed by atoms with Crippen LogP contribution in [0.1, 0.15) is 47.1 Å². The number of carbonyl (C=O) groups excluding carboxylic acids is 3. The van der Waals surface area contributed by atoms with E-state index in [1.54, 1.807) is 45.0 Å². The van der Waals surface area contributed by atoms with Crippen molar-refractivity contribution in [3.8, 4) is 0 Å². The summed E-state index contributed by atoms with van der Waals surface area (Å²) in [6.07, 6.45) is 0.0470. The molecule has 1 N–H and O–H groups in total. The van der Waals surface area contributed by atoms with E-state index >= 15 is 0 Å². The van der Waals surface area contributed by atoms with Gasteiger partial charge in [0, 0.05) is 24.1 Å². The summed E-state index contributed by atoms with van der Waals surface area (Å²) >= 11 is 0. The van der Waals surface area contributed by atoms with Crippen molar-refractivity contribution in [3.05, 3.63) is 75.3 Å². The van der Waals surface area contributed by atoms with Crippen LogP contribution in [-0.2, 0) is 11.2 Å². The van der Waals surface area contributed by atoms with Gasteiger partial charge in [0.15, 0.2) is 0 Å². The summed E-state index contributed by atoms with van der Waals surface area (Å²) in [6, 6.07) is 11.1. The maximum absolute atomic E-state index is 13.0. The summed E-state index contributed by atoms with van der Waals surface area (Å²) in [4.78, 5) is 50.1. The number of nitro benzene ring substituents is 1. The molecule has 2 aromatic rings. The molecule has 8 nitrogen and oxygen atoms in total. The highest BCUT2D eigenvalue weighted by atomic mass is 16.6. The third-order valence-electron chi connectivity index (χ3n) is 4.51. The Morgan fingerprint density at radius 3 is 2.00 bits per heavy atom. The summed E-state index contributed by atoms with van der Waals surface area (Å²) in [5.74, 6) is -1.52. The van der Waals surface area contributed by atoms with Gasteiger partial charge >= 0.3 is 0 Å². The Bertz CT molecular complexity index is 957. The number of hydrogen-bond acceptors (Lipinski definition) is 5. The van der Waals surface area contributed by atoms with E-state index in [-0.39, 0.29) is 23.2 Å². The number of nitro groups is 1. The Balaban J connectivity index is 1.96. The smallest absolute Gasteiger partial charge is 0.269 e. The third-order valence-corrected chi connectivity index (χ3v) is 4.51. The van der Waals surface area contributed by atoms with Gasteiger partial charge in [-0.25, -0.2) is 0 Å². The molecule has 1 aliphatic rings. The van der Waals surface area contributed by atoms with Gasteiger partial charge in [0.25, 0.3) is 17.5 Å². The highest BCUT2D eigenvalue weighted by molar-refractivity contribution is 6.22. The fourth-order valence-corrected chi connectivity index (χ4v) is 3.22. The molecule has 1 atom stereocenters. The van der Waals surface area contributed by atoms with E-state index < -0.39 is 34.2 Å². The lowest BCUT2D eigenvalue weighted by atomic mass is 10.0. The van der Waals surface area contributed by atoms with Gasteiger partial charge in [0.05, 0.1) is 16.1 Å². The van der Waals surface area contributed by atoms with Gasteiger partial charge in [-0.1, -0.05) is 24.3 Å². The first kappa shape index (κ1) is 20.2. The quantitative estimate of drug-likeness (QED) is 0.476. The van der Waals surface area contributed by atoms with Crippen molar-refractivity contribution in [3.63, 3.8) is 0 Å². The van der Waals surface area contributed by atoms with E-state index in [2.05, 4.69) is 5.32 Å². The number of fused-ring (bicyclic) bond motifs is 1. The molecule has 0 aliphatic carbocycles. The van der Waals surface area contributed by atoms with Gasteiger partial charge in [-0.3, -0.25) is 29.4 Å². The first-order chi connectivity index (χ1) is 13.6. The summed E-state index contributed by atoms with van der Waals surface area (Å²) in [5.41, 5.74) is 0.472. The molecule has 3 amide bonds. The molecule has 29 heavy (non-hydrogen) atoms. The van der Waals surface area contributed by atoms with Gasteiger partial charge < -0.3 is 5.32 Å². The Morgan fingerprint density at radius 2 is 1.55 bits per heavy atom. The van der Waals surface area contributed by atoms with Crippen LogP contribution in [0.15, 0.2) is 48.5 Å². The van der Waals surface area contributed by atoms with Crippen molar-refractivity contribution in [2.24, 2.45) is 0 Å². The molecular weight excluding hydrogens is 374 g/mol. The molecule has 0 saturated heterocycles. The van der Waals surface area contributed by atoms with E-state index in [4.69, 9.17) is 0 Å². The second kappa shape index (κ2) is 7.46. The lowest BCUT2D eigenvalue weighted by molar-refractivity contribution is -0.384. The summed E-state index contributed by atoms with van der Waals surface area (Å²) in [5, 5.41) is 13.7. The molecule has 0 bridgehead atoms. The molecule has 8 heteroatoms. The van der Waals surface area contributed by atoms with Crippen molar-refractivity contribution in [1.82, 2.24) is 10.2 Å². The number of non-ortho nitro benzene ring substituents is 1. The monoisotopic (exact) mass is 395 g/mol. The molecule has 1 aliphatic heterocycles. The number of amides is 3. The topological polar surface area (TPSA) is 110 Å². The molecule has 3 rings (SSSR count). The summed E-state index contributed by atoms with van der Waals surface area (Å²) in [7, 11) is 0. The van der Waals surface area contributed by atoms with E-state index in [1.807, 2.05) is 0 Å².